The minimum Gasteiger partial charge on any atom is -0.456 e. The first kappa shape index (κ1) is 32.3. The van der Waals surface area contributed by atoms with Crippen molar-refractivity contribution in [1.29, 1.82) is 0 Å². The van der Waals surface area contributed by atoms with Crippen molar-refractivity contribution in [3.8, 4) is 0 Å². The maximum Gasteiger partial charge on any atom is 0.135 e. The average molecular weight is 673 g/mol. The molecule has 0 bridgehead atoms. The van der Waals surface area contributed by atoms with E-state index in [1.807, 2.05) is 6.08 Å². The zero-order valence-electron chi connectivity index (χ0n) is 28.0. The normalized spacial score (nSPS) is 14.4. The Labute approximate surface area is 293 Å². The number of hydrogen-bond acceptors (Lipinski definition) is 1. The van der Waals surface area contributed by atoms with Crippen molar-refractivity contribution < 1.29 is 4.42 Å². The van der Waals surface area contributed by atoms with E-state index in [9.17, 15) is 0 Å². The highest BCUT2D eigenvalue weighted by molar-refractivity contribution is 8.40. The zero-order chi connectivity index (χ0) is 33.8. The number of rotatable bonds is 10. The van der Waals surface area contributed by atoms with Crippen molar-refractivity contribution in [2.75, 3.05) is 0 Å². The van der Waals surface area contributed by atoms with E-state index in [2.05, 4.69) is 196 Å². The van der Waals surface area contributed by atoms with Gasteiger partial charge in [-0.25, -0.2) is 0 Å². The summed E-state index contributed by atoms with van der Waals surface area (Å²) in [5.74, 6) is 0. The lowest BCUT2D eigenvalue weighted by Gasteiger charge is -2.43. The molecule has 1 heterocycles. The van der Waals surface area contributed by atoms with Crippen LogP contribution in [-0.2, 0) is 0 Å². The monoisotopic (exact) mass is 672 g/mol. The summed E-state index contributed by atoms with van der Waals surface area (Å²) in [6.45, 7) is 13.1. The van der Waals surface area contributed by atoms with Crippen LogP contribution in [0.5, 0.6) is 0 Å². The largest absolute Gasteiger partial charge is 0.456 e. The third kappa shape index (κ3) is 5.40. The Hall–Kier alpha value is -5.22. The predicted octanol–water partition coefficient (Wildman–Crippen LogP) is 14.3. The van der Waals surface area contributed by atoms with Gasteiger partial charge < -0.3 is 4.42 Å². The van der Waals surface area contributed by atoms with E-state index in [0.717, 1.165) is 26.8 Å². The first-order valence-corrected chi connectivity index (χ1v) is 19.8. The van der Waals surface area contributed by atoms with Crippen LogP contribution in [0.25, 0.3) is 21.9 Å². The van der Waals surface area contributed by atoms with Crippen LogP contribution in [0.2, 0.25) is 0 Å². The van der Waals surface area contributed by atoms with Crippen LogP contribution < -0.4 is 0 Å². The third-order valence-corrected chi connectivity index (χ3v) is 17.0. The summed E-state index contributed by atoms with van der Waals surface area (Å²) in [5.41, 5.74) is 1.75. The lowest BCUT2D eigenvalue weighted by molar-refractivity contribution is 0.668. The van der Waals surface area contributed by atoms with Gasteiger partial charge in [-0.3, -0.25) is 0 Å². The number of allylic oxidation sites excluding steroid dienone is 5. The Morgan fingerprint density at radius 3 is 1.43 bits per heavy atom. The van der Waals surface area contributed by atoms with Gasteiger partial charge in [0.25, 0.3) is 0 Å². The highest BCUT2D eigenvalue weighted by atomic mass is 32.3. The second kappa shape index (κ2) is 13.7. The summed E-state index contributed by atoms with van der Waals surface area (Å²) in [6.07, 6.45) is 8.28. The molecule has 6 aromatic carbocycles. The van der Waals surface area contributed by atoms with Crippen LogP contribution in [0.3, 0.4) is 0 Å². The molecule has 1 unspecified atom stereocenters. The molecule has 49 heavy (non-hydrogen) atoms. The van der Waals surface area contributed by atoms with Gasteiger partial charge in [-0.1, -0.05) is 110 Å². The van der Waals surface area contributed by atoms with Crippen molar-refractivity contribution >= 4 is 42.0 Å². The molecule has 0 saturated heterocycles. The van der Waals surface area contributed by atoms with E-state index in [-0.39, 0.29) is 0 Å². The van der Waals surface area contributed by atoms with Crippen LogP contribution >= 0.6 is 20.1 Å². The molecule has 0 aliphatic heterocycles. The summed E-state index contributed by atoms with van der Waals surface area (Å²) in [5, 5.41) is 2.21. The van der Waals surface area contributed by atoms with Gasteiger partial charge in [-0.2, -0.15) is 0 Å². The minimum atomic E-state index is -1.87. The second-order valence-corrected chi connectivity index (χ2v) is 18.3. The Balaban J connectivity index is 1.56. The SMILES string of the molecule is C=C/C=C(\C)S(C(=C)/C=C\C)(c1ccccc1)c1ccc2oc3ccc(S(c4ccccc4)(c4ccccc4)c4ccccc4)cc3c2c1. The van der Waals surface area contributed by atoms with Crippen molar-refractivity contribution in [2.24, 2.45) is 0 Å². The maximum atomic E-state index is 6.58. The average Bonchev–Trinajstić information content (AvgIpc) is 3.52. The van der Waals surface area contributed by atoms with Crippen molar-refractivity contribution in [3.05, 3.63) is 205 Å². The predicted molar refractivity (Wildman–Crippen MR) is 212 cm³/mol. The maximum absolute atomic E-state index is 6.58. The van der Waals surface area contributed by atoms with Crippen LogP contribution in [0, 0.1) is 0 Å². The van der Waals surface area contributed by atoms with E-state index >= 15 is 0 Å². The van der Waals surface area contributed by atoms with Gasteiger partial charge in [-0.15, -0.1) is 20.1 Å². The van der Waals surface area contributed by atoms with E-state index in [1.165, 1.54) is 34.3 Å². The second-order valence-electron chi connectivity index (χ2n) is 11.9. The molecule has 1 aromatic heterocycles. The molecule has 7 rings (SSSR count). The molecule has 0 fully saturated rings. The van der Waals surface area contributed by atoms with Gasteiger partial charge in [0.05, 0.1) is 0 Å². The van der Waals surface area contributed by atoms with Gasteiger partial charge >= 0.3 is 0 Å². The molecule has 0 saturated carbocycles. The molecule has 0 amide bonds. The fourth-order valence-electron chi connectivity index (χ4n) is 7.00. The molecule has 242 valence electrons. The highest BCUT2D eigenvalue weighted by Gasteiger charge is 2.35. The Kier molecular flexibility index (Phi) is 9.05. The molecular formula is C46H40OS2. The van der Waals surface area contributed by atoms with Crippen LogP contribution in [0.15, 0.2) is 239 Å². The summed E-state index contributed by atoms with van der Waals surface area (Å²) in [6, 6.07) is 57.3. The lowest BCUT2D eigenvalue weighted by Crippen LogP contribution is -2.06. The number of benzene rings is 6. The molecule has 1 atom stereocenters. The molecule has 0 aliphatic carbocycles. The molecule has 0 radical (unpaired) electrons. The standard InChI is InChI=1S/C46H40OS2/c1-5-19-35(3)48(36(4)20-6-2,37-21-11-7-12-22-37)41-29-31-45-43(33-41)44-34-42(30-32-46(44)47-45)49(38-23-13-8-14-24-38,39-25-15-9-16-26-39)40-27-17-10-18-28-40/h5-34H,1,4H2,2-3H3/b20-6-,35-19+. The van der Waals surface area contributed by atoms with Crippen LogP contribution in [0.1, 0.15) is 13.8 Å². The first-order chi connectivity index (χ1) is 24.0. The van der Waals surface area contributed by atoms with Crippen molar-refractivity contribution in [1.82, 2.24) is 0 Å². The third-order valence-electron chi connectivity index (χ3n) is 9.09. The molecule has 3 heteroatoms. The molecule has 0 N–H and O–H groups in total. The quantitative estimate of drug-likeness (QED) is 0.132. The van der Waals surface area contributed by atoms with E-state index in [1.54, 1.807) is 0 Å². The number of hydrogen-bond donors (Lipinski definition) is 0. The smallest absolute Gasteiger partial charge is 0.135 e. The van der Waals surface area contributed by atoms with Gasteiger partial charge in [-0.05, 0) is 109 Å². The Morgan fingerprint density at radius 2 is 0.980 bits per heavy atom. The Morgan fingerprint density at radius 1 is 0.551 bits per heavy atom. The van der Waals surface area contributed by atoms with Crippen LogP contribution in [0.4, 0.5) is 0 Å². The number of furan rings is 1. The molecule has 1 nitrogen and oxygen atoms in total. The molecule has 7 aromatic rings. The fourth-order valence-corrected chi connectivity index (χ4v) is 14.7. The Bertz CT molecular complexity index is 2220. The summed E-state index contributed by atoms with van der Waals surface area (Å²) in [7, 11) is -3.72. The highest BCUT2D eigenvalue weighted by Crippen LogP contribution is 2.75. The zero-order valence-corrected chi connectivity index (χ0v) is 29.6. The van der Waals surface area contributed by atoms with Crippen molar-refractivity contribution in [3.63, 3.8) is 0 Å². The molecule has 0 spiro atoms. The van der Waals surface area contributed by atoms with Gasteiger partial charge in [0.1, 0.15) is 11.2 Å². The van der Waals surface area contributed by atoms with Crippen LogP contribution in [-0.4, -0.2) is 0 Å². The fraction of sp³-hybridized carbons (Fsp3) is 0.0435. The van der Waals surface area contributed by atoms with Gasteiger partial charge in [0.15, 0.2) is 0 Å². The van der Waals surface area contributed by atoms with E-state index in [4.69, 9.17) is 11.0 Å². The summed E-state index contributed by atoms with van der Waals surface area (Å²) < 4.78 is 6.58. The number of fused-ring (bicyclic) bond motifs is 3. The molecule has 0 aliphatic rings. The van der Waals surface area contributed by atoms with Gasteiger partial charge in [0.2, 0.25) is 0 Å². The lowest BCUT2D eigenvalue weighted by atomic mass is 10.1. The topological polar surface area (TPSA) is 13.1 Å². The summed E-state index contributed by atoms with van der Waals surface area (Å²) >= 11 is 0. The van der Waals surface area contributed by atoms with E-state index < -0.39 is 20.1 Å². The van der Waals surface area contributed by atoms with Gasteiger partial charge in [0, 0.05) is 40.1 Å². The molecular weight excluding hydrogens is 633 g/mol. The minimum absolute atomic E-state index is 0.874. The summed E-state index contributed by atoms with van der Waals surface area (Å²) in [4.78, 5) is 9.89. The first-order valence-electron chi connectivity index (χ1n) is 16.5. The van der Waals surface area contributed by atoms with E-state index in [0.29, 0.717) is 0 Å². The van der Waals surface area contributed by atoms with Crippen molar-refractivity contribution in [2.45, 2.75) is 43.2 Å².